The molecular weight excluding hydrogens is 364 g/mol. The van der Waals surface area contributed by atoms with Gasteiger partial charge in [-0.1, -0.05) is 0 Å². The first-order valence-corrected chi connectivity index (χ1v) is 10.00. The van der Waals surface area contributed by atoms with Gasteiger partial charge in [-0.05, 0) is 50.9 Å². The molecule has 0 unspecified atom stereocenters. The number of piperidine rings is 2. The molecule has 2 aliphatic heterocycles. The van der Waals surface area contributed by atoms with Crippen LogP contribution in [0.2, 0.25) is 0 Å². The van der Waals surface area contributed by atoms with Gasteiger partial charge in [-0.25, -0.2) is 8.78 Å². The Kier molecular flexibility index (Phi) is 5.59. The van der Waals surface area contributed by atoms with Gasteiger partial charge in [0.25, 0.3) is 0 Å². The third-order valence-electron chi connectivity index (χ3n) is 6.28. The molecule has 2 aliphatic rings. The number of hydrogen-bond donors (Lipinski definition) is 1. The number of likely N-dealkylation sites (tertiary alicyclic amines) is 1. The zero-order chi connectivity index (χ0) is 19.7. The summed E-state index contributed by atoms with van der Waals surface area (Å²) in [4.78, 5) is 4.70. The maximum Gasteiger partial charge on any atom is 0.160 e. The zero-order valence-electron chi connectivity index (χ0n) is 16.2. The molecule has 152 valence electrons. The van der Waals surface area contributed by atoms with Crippen molar-refractivity contribution in [1.82, 2.24) is 19.7 Å². The predicted molar refractivity (Wildman–Crippen MR) is 102 cm³/mol. The summed E-state index contributed by atoms with van der Waals surface area (Å²) < 4.78 is 28.6. The van der Waals surface area contributed by atoms with E-state index < -0.39 is 11.6 Å². The Labute approximate surface area is 163 Å². The maximum atomic E-state index is 13.5. The first-order chi connectivity index (χ1) is 13.6. The molecule has 0 atom stereocenters. The van der Waals surface area contributed by atoms with Crippen molar-refractivity contribution in [2.75, 3.05) is 31.1 Å². The molecule has 1 N–H and O–H groups in total. The quantitative estimate of drug-likeness (QED) is 0.868. The number of aromatic nitrogens is 3. The van der Waals surface area contributed by atoms with Gasteiger partial charge in [-0.2, -0.15) is 0 Å². The lowest BCUT2D eigenvalue weighted by Crippen LogP contribution is -2.47. The minimum atomic E-state index is -0.796. The van der Waals surface area contributed by atoms with Crippen molar-refractivity contribution < 1.29 is 13.9 Å². The minimum absolute atomic E-state index is 0.0845. The number of hydrogen-bond acceptors (Lipinski definition) is 5. The highest BCUT2D eigenvalue weighted by atomic mass is 19.2. The third kappa shape index (κ3) is 3.75. The molecule has 3 heterocycles. The van der Waals surface area contributed by atoms with Gasteiger partial charge < -0.3 is 19.5 Å². The van der Waals surface area contributed by atoms with E-state index in [1.165, 1.54) is 12.1 Å². The van der Waals surface area contributed by atoms with Crippen molar-refractivity contribution in [2.45, 2.75) is 44.2 Å². The van der Waals surface area contributed by atoms with E-state index in [-0.39, 0.29) is 6.61 Å². The molecule has 1 aromatic heterocycles. The van der Waals surface area contributed by atoms with Gasteiger partial charge in [-0.15, -0.1) is 10.2 Å². The van der Waals surface area contributed by atoms with Crippen LogP contribution in [-0.4, -0.2) is 57.0 Å². The van der Waals surface area contributed by atoms with Gasteiger partial charge in [0.2, 0.25) is 0 Å². The standard InChI is InChI=1S/C20H27F2N5O/c1-25-19(13-28)23-24-20(25)14-4-8-26(9-5-14)15-6-10-27(11-7-15)16-2-3-17(21)18(22)12-16/h2-3,12,14-15,28H,4-11,13H2,1H3. The van der Waals surface area contributed by atoms with Crippen LogP contribution >= 0.6 is 0 Å². The monoisotopic (exact) mass is 391 g/mol. The van der Waals surface area contributed by atoms with E-state index in [1.54, 1.807) is 6.07 Å². The molecule has 0 spiro atoms. The van der Waals surface area contributed by atoms with E-state index in [4.69, 9.17) is 0 Å². The van der Waals surface area contributed by atoms with Crippen LogP contribution in [0.3, 0.4) is 0 Å². The number of benzene rings is 1. The first-order valence-electron chi connectivity index (χ1n) is 10.00. The summed E-state index contributed by atoms with van der Waals surface area (Å²) in [6.45, 7) is 3.69. The summed E-state index contributed by atoms with van der Waals surface area (Å²) in [5.74, 6) is 0.389. The molecule has 28 heavy (non-hydrogen) atoms. The smallest absolute Gasteiger partial charge is 0.160 e. The SMILES string of the molecule is Cn1c(CO)nnc1C1CCN(C2CCN(c3ccc(F)c(F)c3)CC2)CC1. The number of halogens is 2. The van der Waals surface area contributed by atoms with Crippen molar-refractivity contribution in [3.8, 4) is 0 Å². The molecule has 2 fully saturated rings. The Balaban J connectivity index is 1.30. The van der Waals surface area contributed by atoms with Crippen LogP contribution in [0.25, 0.3) is 0 Å². The van der Waals surface area contributed by atoms with Crippen LogP contribution in [0.1, 0.15) is 43.3 Å². The van der Waals surface area contributed by atoms with Crippen LogP contribution in [0.15, 0.2) is 18.2 Å². The van der Waals surface area contributed by atoms with Gasteiger partial charge in [0.1, 0.15) is 12.4 Å². The highest BCUT2D eigenvalue weighted by molar-refractivity contribution is 5.47. The molecule has 8 heteroatoms. The fourth-order valence-corrected chi connectivity index (χ4v) is 4.56. The third-order valence-corrected chi connectivity index (χ3v) is 6.28. The van der Waals surface area contributed by atoms with E-state index >= 15 is 0 Å². The van der Waals surface area contributed by atoms with E-state index in [0.29, 0.717) is 17.8 Å². The Morgan fingerprint density at radius 3 is 2.32 bits per heavy atom. The number of anilines is 1. The molecule has 0 aliphatic carbocycles. The van der Waals surface area contributed by atoms with E-state index in [0.717, 1.165) is 63.4 Å². The van der Waals surface area contributed by atoms with Crippen molar-refractivity contribution >= 4 is 5.69 Å². The fourth-order valence-electron chi connectivity index (χ4n) is 4.56. The molecule has 2 aromatic rings. The first kappa shape index (κ1) is 19.3. The molecule has 6 nitrogen and oxygen atoms in total. The van der Waals surface area contributed by atoms with Crippen LogP contribution in [0, 0.1) is 11.6 Å². The Hall–Kier alpha value is -2.06. The van der Waals surface area contributed by atoms with Gasteiger partial charge in [0, 0.05) is 43.9 Å². The lowest BCUT2D eigenvalue weighted by molar-refractivity contribution is 0.129. The predicted octanol–water partition coefficient (Wildman–Crippen LogP) is 2.43. The molecular formula is C20H27F2N5O. The van der Waals surface area contributed by atoms with E-state index in [1.807, 2.05) is 11.6 Å². The number of aliphatic hydroxyl groups is 1. The van der Waals surface area contributed by atoms with Crippen LogP contribution in [0.5, 0.6) is 0 Å². The Bertz CT molecular complexity index is 811. The lowest BCUT2D eigenvalue weighted by atomic mass is 9.92. The normalized spacial score (nSPS) is 20.1. The molecule has 0 bridgehead atoms. The molecule has 1 aromatic carbocycles. The summed E-state index contributed by atoms with van der Waals surface area (Å²) in [7, 11) is 1.92. The van der Waals surface area contributed by atoms with E-state index in [2.05, 4.69) is 20.0 Å². The summed E-state index contributed by atoms with van der Waals surface area (Å²) in [5, 5.41) is 17.6. The van der Waals surface area contributed by atoms with Crippen molar-refractivity contribution in [3.05, 3.63) is 41.5 Å². The molecule has 4 rings (SSSR count). The zero-order valence-corrected chi connectivity index (χ0v) is 16.2. The average molecular weight is 391 g/mol. The van der Waals surface area contributed by atoms with Crippen LogP contribution < -0.4 is 4.90 Å². The van der Waals surface area contributed by atoms with Crippen molar-refractivity contribution in [2.24, 2.45) is 7.05 Å². The Morgan fingerprint density at radius 2 is 1.71 bits per heavy atom. The Morgan fingerprint density at radius 1 is 1.00 bits per heavy atom. The highest BCUT2D eigenvalue weighted by Crippen LogP contribution is 2.31. The van der Waals surface area contributed by atoms with Crippen LogP contribution in [-0.2, 0) is 13.7 Å². The number of aliphatic hydroxyl groups excluding tert-OH is 1. The summed E-state index contributed by atoms with van der Waals surface area (Å²) in [5.41, 5.74) is 0.762. The van der Waals surface area contributed by atoms with E-state index in [9.17, 15) is 13.9 Å². The summed E-state index contributed by atoms with van der Waals surface area (Å²) >= 11 is 0. The largest absolute Gasteiger partial charge is 0.388 e. The van der Waals surface area contributed by atoms with Crippen molar-refractivity contribution in [3.63, 3.8) is 0 Å². The molecule has 2 saturated heterocycles. The molecule has 0 radical (unpaired) electrons. The van der Waals surface area contributed by atoms with Crippen molar-refractivity contribution in [1.29, 1.82) is 0 Å². The number of rotatable bonds is 4. The van der Waals surface area contributed by atoms with Gasteiger partial charge >= 0.3 is 0 Å². The lowest BCUT2D eigenvalue weighted by Gasteiger charge is -2.42. The maximum absolute atomic E-state index is 13.5. The number of nitrogens with zero attached hydrogens (tertiary/aromatic N) is 5. The minimum Gasteiger partial charge on any atom is -0.388 e. The van der Waals surface area contributed by atoms with Crippen LogP contribution in [0.4, 0.5) is 14.5 Å². The second kappa shape index (κ2) is 8.13. The topological polar surface area (TPSA) is 57.4 Å². The van der Waals surface area contributed by atoms with Gasteiger partial charge in [0.15, 0.2) is 17.5 Å². The second-order valence-electron chi connectivity index (χ2n) is 7.82. The summed E-state index contributed by atoms with van der Waals surface area (Å²) in [6, 6.07) is 4.69. The van der Waals surface area contributed by atoms with Gasteiger partial charge in [0.05, 0.1) is 0 Å². The fraction of sp³-hybridized carbons (Fsp3) is 0.600. The highest BCUT2D eigenvalue weighted by Gasteiger charge is 2.30. The average Bonchev–Trinajstić information content (AvgIpc) is 3.11. The molecule has 0 saturated carbocycles. The second-order valence-corrected chi connectivity index (χ2v) is 7.82. The summed E-state index contributed by atoms with van der Waals surface area (Å²) in [6.07, 6.45) is 4.14. The van der Waals surface area contributed by atoms with Gasteiger partial charge in [-0.3, -0.25) is 0 Å². The molecule has 0 amide bonds.